The van der Waals surface area contributed by atoms with Crippen LogP contribution in [-0.4, -0.2) is 15.5 Å². The third-order valence-electron chi connectivity index (χ3n) is 2.61. The average molecular weight is 233 g/mol. The largest absolute Gasteiger partial charge is 0.369 e. The van der Waals surface area contributed by atoms with Crippen LogP contribution in [0.5, 0.6) is 0 Å². The topological polar surface area (TPSA) is 97.9 Å². The maximum absolute atomic E-state index is 11.7. The fourth-order valence-electron chi connectivity index (χ4n) is 1.82. The van der Waals surface area contributed by atoms with Crippen LogP contribution < -0.4 is 17.0 Å². The lowest BCUT2D eigenvalue weighted by Crippen LogP contribution is -2.29. The number of aromatic nitrogens is 2. The number of H-pyrrole nitrogens is 1. The molecule has 6 nitrogen and oxygen atoms in total. The molecule has 0 unspecified atom stereocenters. The molecule has 1 heterocycles. The van der Waals surface area contributed by atoms with Crippen LogP contribution in [0.2, 0.25) is 0 Å². The standard InChI is InChI=1S/C11H11N3O3/c1-14-7-4-2-3-6(5-8(12)15)9(7)10(16)13-11(14)17/h2-4H,5H2,1H3,(H2,12,15)(H,13,16,17). The second-order valence-corrected chi connectivity index (χ2v) is 3.77. The van der Waals surface area contributed by atoms with E-state index in [4.69, 9.17) is 5.73 Å². The molecule has 0 atom stereocenters. The Kier molecular flexibility index (Phi) is 2.55. The molecule has 0 spiro atoms. The molecule has 88 valence electrons. The minimum Gasteiger partial charge on any atom is -0.369 e. The van der Waals surface area contributed by atoms with Crippen LogP contribution in [0.4, 0.5) is 0 Å². The first-order valence-corrected chi connectivity index (χ1v) is 5.00. The van der Waals surface area contributed by atoms with Crippen molar-refractivity contribution in [2.24, 2.45) is 12.8 Å². The van der Waals surface area contributed by atoms with Gasteiger partial charge in [-0.1, -0.05) is 12.1 Å². The summed E-state index contributed by atoms with van der Waals surface area (Å²) in [4.78, 5) is 36.2. The normalized spacial score (nSPS) is 10.6. The lowest BCUT2D eigenvalue weighted by Gasteiger charge is -2.06. The Balaban J connectivity index is 2.90. The van der Waals surface area contributed by atoms with Crippen molar-refractivity contribution in [3.8, 4) is 0 Å². The minimum absolute atomic E-state index is 0.0291. The molecule has 1 aromatic carbocycles. The number of aryl methyl sites for hydroxylation is 1. The molecule has 17 heavy (non-hydrogen) atoms. The SMILES string of the molecule is Cn1c(=O)[nH]c(=O)c2c(CC(N)=O)cccc21. The van der Waals surface area contributed by atoms with Gasteiger partial charge >= 0.3 is 5.69 Å². The van der Waals surface area contributed by atoms with Gasteiger partial charge in [0.1, 0.15) is 0 Å². The third kappa shape index (κ3) is 1.84. The number of carbonyl (C=O) groups excluding carboxylic acids is 1. The van der Waals surface area contributed by atoms with Crippen LogP contribution in [0, 0.1) is 0 Å². The zero-order valence-electron chi connectivity index (χ0n) is 9.19. The number of amides is 1. The number of rotatable bonds is 2. The Morgan fingerprint density at radius 2 is 2.12 bits per heavy atom. The number of hydrogen-bond donors (Lipinski definition) is 2. The third-order valence-corrected chi connectivity index (χ3v) is 2.61. The van der Waals surface area contributed by atoms with E-state index in [-0.39, 0.29) is 6.42 Å². The molecule has 0 aliphatic rings. The molecule has 0 aliphatic carbocycles. The number of fused-ring (bicyclic) bond motifs is 1. The number of benzene rings is 1. The van der Waals surface area contributed by atoms with Crippen LogP contribution in [0.15, 0.2) is 27.8 Å². The fraction of sp³-hybridized carbons (Fsp3) is 0.182. The van der Waals surface area contributed by atoms with Gasteiger partial charge in [-0.05, 0) is 11.6 Å². The Morgan fingerprint density at radius 1 is 1.41 bits per heavy atom. The number of nitrogens with zero attached hydrogens (tertiary/aromatic N) is 1. The van der Waals surface area contributed by atoms with Crippen molar-refractivity contribution in [1.82, 2.24) is 9.55 Å². The van der Waals surface area contributed by atoms with Crippen LogP contribution in [0.1, 0.15) is 5.56 Å². The van der Waals surface area contributed by atoms with Gasteiger partial charge in [0.25, 0.3) is 5.56 Å². The summed E-state index contributed by atoms with van der Waals surface area (Å²) in [7, 11) is 1.55. The maximum Gasteiger partial charge on any atom is 0.328 e. The summed E-state index contributed by atoms with van der Waals surface area (Å²) < 4.78 is 1.32. The highest BCUT2D eigenvalue weighted by atomic mass is 16.2. The first-order valence-electron chi connectivity index (χ1n) is 5.00. The molecule has 3 N–H and O–H groups in total. The highest BCUT2D eigenvalue weighted by Gasteiger charge is 2.10. The highest BCUT2D eigenvalue weighted by Crippen LogP contribution is 2.13. The minimum atomic E-state index is -0.522. The summed E-state index contributed by atoms with van der Waals surface area (Å²) in [6.07, 6.45) is -0.0291. The van der Waals surface area contributed by atoms with E-state index in [1.807, 2.05) is 0 Å². The summed E-state index contributed by atoms with van der Waals surface area (Å²) in [5.41, 5.74) is 5.13. The Labute approximate surface area is 95.7 Å². The van der Waals surface area contributed by atoms with Gasteiger partial charge in [0.2, 0.25) is 5.91 Å². The second-order valence-electron chi connectivity index (χ2n) is 3.77. The van der Waals surface area contributed by atoms with E-state index in [1.165, 1.54) is 4.57 Å². The molecule has 0 aliphatic heterocycles. The van der Waals surface area contributed by atoms with Crippen molar-refractivity contribution in [1.29, 1.82) is 0 Å². The Bertz CT molecular complexity index is 712. The molecule has 2 rings (SSSR count). The monoisotopic (exact) mass is 233 g/mol. The van der Waals surface area contributed by atoms with Gasteiger partial charge in [0.15, 0.2) is 0 Å². The molecule has 2 aromatic rings. The Morgan fingerprint density at radius 3 is 2.76 bits per heavy atom. The number of aromatic amines is 1. The molecular weight excluding hydrogens is 222 g/mol. The molecule has 6 heteroatoms. The van der Waals surface area contributed by atoms with Gasteiger partial charge in [0.05, 0.1) is 17.3 Å². The lowest BCUT2D eigenvalue weighted by molar-refractivity contribution is -0.117. The molecular formula is C11H11N3O3. The van der Waals surface area contributed by atoms with Crippen molar-refractivity contribution in [3.05, 3.63) is 44.6 Å². The second kappa shape index (κ2) is 3.89. The van der Waals surface area contributed by atoms with Gasteiger partial charge < -0.3 is 5.73 Å². The van der Waals surface area contributed by atoms with Crippen LogP contribution in [0.3, 0.4) is 0 Å². The van der Waals surface area contributed by atoms with Crippen molar-refractivity contribution in [2.45, 2.75) is 6.42 Å². The van der Waals surface area contributed by atoms with E-state index in [0.717, 1.165) is 0 Å². The predicted octanol–water partition coefficient (Wildman–Crippen LogP) is -0.745. The lowest BCUT2D eigenvalue weighted by atomic mass is 10.1. The molecule has 1 amide bonds. The van der Waals surface area contributed by atoms with E-state index in [9.17, 15) is 14.4 Å². The fourth-order valence-corrected chi connectivity index (χ4v) is 1.82. The summed E-state index contributed by atoms with van der Waals surface area (Å²) in [6, 6.07) is 4.97. The summed E-state index contributed by atoms with van der Waals surface area (Å²) >= 11 is 0. The zero-order chi connectivity index (χ0) is 12.6. The van der Waals surface area contributed by atoms with Crippen molar-refractivity contribution < 1.29 is 4.79 Å². The van der Waals surface area contributed by atoms with Crippen molar-refractivity contribution >= 4 is 16.8 Å². The van der Waals surface area contributed by atoms with Crippen LogP contribution in [0.25, 0.3) is 10.9 Å². The number of nitrogens with one attached hydrogen (secondary N) is 1. The summed E-state index contributed by atoms with van der Waals surface area (Å²) in [5.74, 6) is -0.522. The molecule has 0 radical (unpaired) electrons. The van der Waals surface area contributed by atoms with Gasteiger partial charge in [0, 0.05) is 7.05 Å². The molecule has 1 aromatic heterocycles. The van der Waals surface area contributed by atoms with E-state index < -0.39 is 17.2 Å². The van der Waals surface area contributed by atoms with E-state index in [1.54, 1.807) is 25.2 Å². The summed E-state index contributed by atoms with van der Waals surface area (Å²) in [5, 5.41) is 0.327. The molecule has 0 saturated heterocycles. The molecule has 0 saturated carbocycles. The van der Waals surface area contributed by atoms with Gasteiger partial charge in [-0.15, -0.1) is 0 Å². The van der Waals surface area contributed by atoms with E-state index in [2.05, 4.69) is 4.98 Å². The highest BCUT2D eigenvalue weighted by molar-refractivity contribution is 5.87. The van der Waals surface area contributed by atoms with Crippen LogP contribution >= 0.6 is 0 Å². The number of hydrogen-bond acceptors (Lipinski definition) is 3. The van der Waals surface area contributed by atoms with Crippen LogP contribution in [-0.2, 0) is 18.3 Å². The predicted molar refractivity (Wildman–Crippen MR) is 62.7 cm³/mol. The molecule has 0 fully saturated rings. The van der Waals surface area contributed by atoms with E-state index in [0.29, 0.717) is 16.5 Å². The van der Waals surface area contributed by atoms with Gasteiger partial charge in [-0.3, -0.25) is 19.1 Å². The van der Waals surface area contributed by atoms with Gasteiger partial charge in [-0.25, -0.2) is 4.79 Å². The summed E-state index contributed by atoms with van der Waals surface area (Å²) in [6.45, 7) is 0. The Hall–Kier alpha value is -2.37. The maximum atomic E-state index is 11.7. The first kappa shape index (κ1) is 11.1. The quantitative estimate of drug-likeness (QED) is 0.714. The van der Waals surface area contributed by atoms with E-state index >= 15 is 0 Å². The van der Waals surface area contributed by atoms with Crippen molar-refractivity contribution in [3.63, 3.8) is 0 Å². The van der Waals surface area contributed by atoms with Crippen molar-refractivity contribution in [2.75, 3.05) is 0 Å². The number of carbonyl (C=O) groups is 1. The average Bonchev–Trinajstić information content (AvgIpc) is 2.25. The van der Waals surface area contributed by atoms with Gasteiger partial charge in [-0.2, -0.15) is 0 Å². The zero-order valence-corrected chi connectivity index (χ0v) is 9.19. The number of nitrogens with two attached hydrogens (primary N) is 1. The number of primary amides is 1. The molecule has 0 bridgehead atoms. The first-order chi connectivity index (χ1) is 8.00. The smallest absolute Gasteiger partial charge is 0.328 e.